The lowest BCUT2D eigenvalue weighted by Crippen LogP contribution is -2.52. The van der Waals surface area contributed by atoms with Gasteiger partial charge in [-0.05, 0) is 42.7 Å². The Bertz CT molecular complexity index is 1060. The summed E-state index contributed by atoms with van der Waals surface area (Å²) in [5, 5.41) is 5.43. The lowest BCUT2D eigenvalue weighted by atomic mass is 9.92. The molecule has 0 saturated carbocycles. The molecule has 1 aromatic heterocycles. The molecule has 30 heavy (non-hydrogen) atoms. The van der Waals surface area contributed by atoms with Crippen molar-refractivity contribution in [2.75, 3.05) is 11.5 Å². The molecule has 10 heteroatoms. The second-order valence-electron chi connectivity index (χ2n) is 7.51. The van der Waals surface area contributed by atoms with Crippen LogP contribution in [0.15, 0.2) is 47.1 Å². The number of hydrogen-bond donors (Lipinski definition) is 2. The van der Waals surface area contributed by atoms with E-state index in [0.29, 0.717) is 16.9 Å². The van der Waals surface area contributed by atoms with E-state index in [0.717, 1.165) is 4.90 Å². The van der Waals surface area contributed by atoms with Crippen molar-refractivity contribution in [1.29, 1.82) is 0 Å². The maximum atomic E-state index is 12.9. The zero-order valence-electron chi connectivity index (χ0n) is 16.1. The van der Waals surface area contributed by atoms with E-state index in [2.05, 4.69) is 10.6 Å². The third-order valence-electron chi connectivity index (χ3n) is 5.49. The number of amides is 4. The lowest BCUT2D eigenvalue weighted by molar-refractivity contribution is -0.132. The fraction of sp³-hybridized carbons (Fsp3) is 0.350. The summed E-state index contributed by atoms with van der Waals surface area (Å²) in [6, 6.07) is 9.57. The first-order chi connectivity index (χ1) is 14.3. The van der Waals surface area contributed by atoms with Crippen molar-refractivity contribution in [1.82, 2.24) is 15.5 Å². The summed E-state index contributed by atoms with van der Waals surface area (Å²) in [5.74, 6) is -0.260. The van der Waals surface area contributed by atoms with Crippen LogP contribution in [0.3, 0.4) is 0 Å². The van der Waals surface area contributed by atoms with Gasteiger partial charge >= 0.3 is 6.03 Å². The summed E-state index contributed by atoms with van der Waals surface area (Å²) in [5.41, 5.74) is -0.00770. The van der Waals surface area contributed by atoms with Crippen molar-refractivity contribution in [2.45, 2.75) is 31.5 Å². The van der Waals surface area contributed by atoms with Gasteiger partial charge in [0, 0.05) is 5.56 Å². The highest BCUT2D eigenvalue weighted by Crippen LogP contribution is 2.31. The molecule has 0 radical (unpaired) electrons. The van der Waals surface area contributed by atoms with Crippen LogP contribution in [0, 0.1) is 0 Å². The Hall–Kier alpha value is -3.14. The van der Waals surface area contributed by atoms with E-state index in [1.54, 1.807) is 36.4 Å². The second kappa shape index (κ2) is 7.60. The van der Waals surface area contributed by atoms with Gasteiger partial charge in [-0.15, -0.1) is 0 Å². The van der Waals surface area contributed by atoms with Crippen LogP contribution in [0.5, 0.6) is 0 Å². The van der Waals surface area contributed by atoms with Crippen LogP contribution in [0.1, 0.15) is 34.5 Å². The minimum Gasteiger partial charge on any atom is -0.467 e. The van der Waals surface area contributed by atoms with Gasteiger partial charge in [0.25, 0.3) is 11.8 Å². The molecule has 158 valence electrons. The van der Waals surface area contributed by atoms with E-state index < -0.39 is 27.3 Å². The molecule has 0 atom stereocenters. The van der Waals surface area contributed by atoms with E-state index >= 15 is 0 Å². The summed E-state index contributed by atoms with van der Waals surface area (Å²) in [4.78, 5) is 38.5. The Morgan fingerprint density at radius 3 is 2.47 bits per heavy atom. The first-order valence-corrected chi connectivity index (χ1v) is 11.3. The van der Waals surface area contributed by atoms with Crippen molar-refractivity contribution in [3.05, 3.63) is 59.5 Å². The molecule has 0 aliphatic carbocycles. The van der Waals surface area contributed by atoms with Crippen LogP contribution in [0.2, 0.25) is 0 Å². The average molecular weight is 431 g/mol. The number of carbonyl (C=O) groups is 3. The molecule has 4 rings (SSSR count). The van der Waals surface area contributed by atoms with Crippen molar-refractivity contribution < 1.29 is 27.2 Å². The van der Waals surface area contributed by atoms with Gasteiger partial charge in [0.2, 0.25) is 0 Å². The zero-order chi connectivity index (χ0) is 21.4. The molecule has 1 aromatic carbocycles. The number of hydrogen-bond acceptors (Lipinski definition) is 6. The van der Waals surface area contributed by atoms with Crippen LogP contribution in [-0.2, 0) is 27.7 Å². The number of imide groups is 1. The van der Waals surface area contributed by atoms with Gasteiger partial charge in [-0.1, -0.05) is 12.1 Å². The molecule has 2 aromatic rings. The van der Waals surface area contributed by atoms with E-state index in [1.807, 2.05) is 0 Å². The average Bonchev–Trinajstić information content (AvgIpc) is 3.32. The Kier molecular flexibility index (Phi) is 5.10. The SMILES string of the molecule is O=C(NCc1ccco1)c1ccc(CN2C(=O)NC3(CCS(=O)(=O)CC3)C2=O)cc1. The van der Waals surface area contributed by atoms with Crippen LogP contribution >= 0.6 is 0 Å². The smallest absolute Gasteiger partial charge is 0.325 e. The van der Waals surface area contributed by atoms with Gasteiger partial charge in [0.05, 0.1) is 30.9 Å². The number of furan rings is 1. The molecule has 0 unspecified atom stereocenters. The molecule has 9 nitrogen and oxygen atoms in total. The number of rotatable bonds is 5. The lowest BCUT2D eigenvalue weighted by Gasteiger charge is -2.30. The van der Waals surface area contributed by atoms with Crippen LogP contribution in [0.4, 0.5) is 4.79 Å². The Morgan fingerprint density at radius 2 is 1.83 bits per heavy atom. The van der Waals surface area contributed by atoms with Crippen LogP contribution in [0.25, 0.3) is 0 Å². The van der Waals surface area contributed by atoms with E-state index in [9.17, 15) is 22.8 Å². The summed E-state index contributed by atoms with van der Waals surface area (Å²) in [7, 11) is -3.16. The number of benzene rings is 1. The van der Waals surface area contributed by atoms with Gasteiger partial charge in [-0.3, -0.25) is 14.5 Å². The first-order valence-electron chi connectivity index (χ1n) is 9.52. The summed E-state index contributed by atoms with van der Waals surface area (Å²) >= 11 is 0. The highest BCUT2D eigenvalue weighted by Gasteiger charge is 2.53. The third kappa shape index (κ3) is 3.95. The minimum absolute atomic E-state index is 0.0491. The van der Waals surface area contributed by atoms with Crippen LogP contribution in [-0.4, -0.2) is 48.2 Å². The maximum absolute atomic E-state index is 12.9. The van der Waals surface area contributed by atoms with Gasteiger partial charge in [-0.25, -0.2) is 13.2 Å². The molecular formula is C20H21N3O6S. The van der Waals surface area contributed by atoms with Gasteiger partial charge in [0.15, 0.2) is 9.84 Å². The number of urea groups is 1. The van der Waals surface area contributed by atoms with Gasteiger partial charge in [-0.2, -0.15) is 0 Å². The monoisotopic (exact) mass is 431 g/mol. The number of nitrogens with one attached hydrogen (secondary N) is 2. The van der Waals surface area contributed by atoms with E-state index in [4.69, 9.17) is 4.42 Å². The highest BCUT2D eigenvalue weighted by molar-refractivity contribution is 7.91. The Labute approximate surface area is 173 Å². The fourth-order valence-corrected chi connectivity index (χ4v) is 5.19. The summed E-state index contributed by atoms with van der Waals surface area (Å²) in [6.45, 7) is 0.321. The van der Waals surface area contributed by atoms with Crippen LogP contribution < -0.4 is 10.6 Å². The number of sulfone groups is 1. The quantitative estimate of drug-likeness (QED) is 0.686. The molecule has 3 heterocycles. The standard InChI is InChI=1S/C20H21N3O6S/c24-17(21-12-16-2-1-9-29-16)15-5-3-14(4-6-15)13-23-18(25)20(22-19(23)26)7-10-30(27,28)11-8-20/h1-6,9H,7-8,10-13H2,(H,21,24)(H,22,26). The van der Waals surface area contributed by atoms with Gasteiger partial charge in [0.1, 0.15) is 11.3 Å². The number of carbonyl (C=O) groups excluding carboxylic acids is 3. The normalized spacial score (nSPS) is 19.7. The number of nitrogens with zero attached hydrogens (tertiary/aromatic N) is 1. The third-order valence-corrected chi connectivity index (χ3v) is 7.14. The Balaban J connectivity index is 1.39. The molecule has 0 bridgehead atoms. The van der Waals surface area contributed by atoms with Crippen molar-refractivity contribution >= 4 is 27.7 Å². The highest BCUT2D eigenvalue weighted by atomic mass is 32.2. The predicted molar refractivity (Wildman–Crippen MR) is 106 cm³/mol. The molecule has 2 aliphatic heterocycles. The summed E-state index contributed by atoms with van der Waals surface area (Å²) in [6.07, 6.45) is 1.71. The first kappa shape index (κ1) is 20.1. The molecule has 4 amide bonds. The minimum atomic E-state index is -3.16. The summed E-state index contributed by atoms with van der Waals surface area (Å²) < 4.78 is 28.5. The topological polar surface area (TPSA) is 126 Å². The van der Waals surface area contributed by atoms with Crippen molar-refractivity contribution in [3.8, 4) is 0 Å². The molecule has 2 aliphatic rings. The van der Waals surface area contributed by atoms with E-state index in [-0.39, 0.29) is 43.3 Å². The second-order valence-corrected chi connectivity index (χ2v) is 9.82. The molecule has 2 N–H and O–H groups in total. The maximum Gasteiger partial charge on any atom is 0.325 e. The van der Waals surface area contributed by atoms with Crippen molar-refractivity contribution in [3.63, 3.8) is 0 Å². The molecule has 1 spiro atoms. The largest absolute Gasteiger partial charge is 0.467 e. The molecular weight excluding hydrogens is 410 g/mol. The Morgan fingerprint density at radius 1 is 1.13 bits per heavy atom. The molecule has 2 saturated heterocycles. The predicted octanol–water partition coefficient (Wildman–Crippen LogP) is 1.21. The molecule has 2 fully saturated rings. The van der Waals surface area contributed by atoms with Crippen molar-refractivity contribution in [2.24, 2.45) is 0 Å². The fourth-order valence-electron chi connectivity index (χ4n) is 3.67. The van der Waals surface area contributed by atoms with E-state index in [1.165, 1.54) is 6.26 Å². The van der Waals surface area contributed by atoms with Gasteiger partial charge < -0.3 is 15.1 Å². The zero-order valence-corrected chi connectivity index (χ0v) is 16.9.